The van der Waals surface area contributed by atoms with E-state index in [-0.39, 0.29) is 56.3 Å². The SMILES string of the molecule is Cc1cc(O)c2c(=O)c(O)c(-c3ccc(OCc4ccccc4)c(OCc4ccccc4)c3)oc2c1.O=c1c(O)c(-c2ccc(O)c(O)c2)oc2cc(O)cc(O)c12. The van der Waals surface area contributed by atoms with Gasteiger partial charge in [0.25, 0.3) is 0 Å². The first-order valence-corrected chi connectivity index (χ1v) is 17.6. The molecule has 8 aromatic rings. The normalized spacial score (nSPS) is 10.9. The molecule has 0 saturated carbocycles. The highest BCUT2D eigenvalue weighted by Crippen LogP contribution is 2.40. The van der Waals surface area contributed by atoms with Crippen LogP contribution in [0.4, 0.5) is 0 Å². The van der Waals surface area contributed by atoms with Crippen molar-refractivity contribution in [3.63, 3.8) is 0 Å². The van der Waals surface area contributed by atoms with Gasteiger partial charge < -0.3 is 54.1 Å². The van der Waals surface area contributed by atoms with Crippen LogP contribution in [0, 0.1) is 6.92 Å². The van der Waals surface area contributed by atoms with E-state index in [1.54, 1.807) is 31.2 Å². The number of hydrogen-bond donors (Lipinski definition) is 7. The highest BCUT2D eigenvalue weighted by Gasteiger charge is 2.21. The summed E-state index contributed by atoms with van der Waals surface area (Å²) in [5.41, 5.74) is 1.71. The molecule has 13 nitrogen and oxygen atoms in total. The second-order valence-electron chi connectivity index (χ2n) is 13.1. The van der Waals surface area contributed by atoms with Crippen molar-refractivity contribution in [2.24, 2.45) is 0 Å². The van der Waals surface area contributed by atoms with Gasteiger partial charge in [0, 0.05) is 23.3 Å². The Bertz CT molecular complexity index is 2920. The van der Waals surface area contributed by atoms with Crippen LogP contribution in [0.5, 0.6) is 51.7 Å². The summed E-state index contributed by atoms with van der Waals surface area (Å²) >= 11 is 0. The van der Waals surface area contributed by atoms with Crippen LogP contribution in [0.25, 0.3) is 44.6 Å². The molecule has 7 N–H and O–H groups in total. The molecule has 292 valence electrons. The summed E-state index contributed by atoms with van der Waals surface area (Å²) in [5.74, 6) is -2.62. The van der Waals surface area contributed by atoms with E-state index in [1.165, 1.54) is 12.1 Å². The molecular weight excluding hydrogens is 748 g/mol. The Labute approximate surface area is 328 Å². The van der Waals surface area contributed by atoms with Gasteiger partial charge >= 0.3 is 0 Å². The third kappa shape index (κ3) is 7.86. The molecule has 8 rings (SSSR count). The fourth-order valence-corrected chi connectivity index (χ4v) is 6.11. The number of benzene rings is 6. The number of aromatic hydroxyl groups is 7. The lowest BCUT2D eigenvalue weighted by Crippen LogP contribution is -2.04. The number of ether oxygens (including phenoxy) is 2. The van der Waals surface area contributed by atoms with Crippen LogP contribution in [0.1, 0.15) is 16.7 Å². The maximum atomic E-state index is 12.9. The standard InChI is InChI=1S/C30H24O6.C15H10O7/c1-19-14-23(31)27-26(15-19)36-30(29(33)28(27)32)22-12-13-24(34-17-20-8-4-2-5-9-20)25(16-22)35-18-21-10-6-3-7-11-21;16-7-4-10(19)12-11(5-7)22-15(14(21)13(12)20)6-1-2-8(17)9(18)3-6/h2-16,31,33H,17-18H2,1H3;1-5,16-19,21H. The molecule has 6 aromatic carbocycles. The molecule has 0 aliphatic carbocycles. The van der Waals surface area contributed by atoms with Gasteiger partial charge in [-0.25, -0.2) is 0 Å². The lowest BCUT2D eigenvalue weighted by molar-refractivity contribution is 0.256. The summed E-state index contributed by atoms with van der Waals surface area (Å²) < 4.78 is 23.4. The molecule has 0 aliphatic heterocycles. The number of phenols is 5. The Kier molecular flexibility index (Phi) is 10.5. The monoisotopic (exact) mass is 782 g/mol. The zero-order valence-corrected chi connectivity index (χ0v) is 30.5. The van der Waals surface area contributed by atoms with Crippen molar-refractivity contribution in [2.75, 3.05) is 0 Å². The molecule has 0 spiro atoms. The predicted molar refractivity (Wildman–Crippen MR) is 214 cm³/mol. The average Bonchev–Trinajstić information content (AvgIpc) is 3.20. The summed E-state index contributed by atoms with van der Waals surface area (Å²) in [4.78, 5) is 25.0. The zero-order valence-electron chi connectivity index (χ0n) is 30.5. The first kappa shape index (κ1) is 38.2. The first-order chi connectivity index (χ1) is 27.9. The minimum Gasteiger partial charge on any atom is -0.508 e. The second-order valence-corrected chi connectivity index (χ2v) is 13.1. The topological polar surface area (TPSA) is 220 Å². The second kappa shape index (κ2) is 16.0. The summed E-state index contributed by atoms with van der Waals surface area (Å²) in [5, 5.41) is 68.5. The van der Waals surface area contributed by atoms with Gasteiger partial charge in [-0.3, -0.25) is 9.59 Å². The number of rotatable bonds is 8. The van der Waals surface area contributed by atoms with E-state index in [4.69, 9.17) is 18.3 Å². The number of phenolic OH excluding ortho intramolecular Hbond substituents is 5. The highest BCUT2D eigenvalue weighted by molar-refractivity contribution is 5.89. The molecule has 0 bridgehead atoms. The van der Waals surface area contributed by atoms with Crippen molar-refractivity contribution in [1.29, 1.82) is 0 Å². The first-order valence-electron chi connectivity index (χ1n) is 17.6. The van der Waals surface area contributed by atoms with Gasteiger partial charge in [-0.2, -0.15) is 0 Å². The summed E-state index contributed by atoms with van der Waals surface area (Å²) in [7, 11) is 0. The van der Waals surface area contributed by atoms with E-state index in [9.17, 15) is 45.3 Å². The van der Waals surface area contributed by atoms with Gasteiger partial charge in [0.2, 0.25) is 22.4 Å². The molecule has 0 atom stereocenters. The van der Waals surface area contributed by atoms with Crippen LogP contribution in [-0.4, -0.2) is 35.7 Å². The molecule has 0 aliphatic rings. The van der Waals surface area contributed by atoms with Gasteiger partial charge in [0.1, 0.15) is 52.4 Å². The average molecular weight is 783 g/mol. The maximum Gasteiger partial charge on any atom is 0.238 e. The van der Waals surface area contributed by atoms with Gasteiger partial charge in [0.15, 0.2) is 34.5 Å². The molecule has 0 saturated heterocycles. The van der Waals surface area contributed by atoms with Gasteiger partial charge in [-0.1, -0.05) is 60.7 Å². The predicted octanol–water partition coefficient (Wildman–Crippen LogP) is 8.33. The van der Waals surface area contributed by atoms with Crippen LogP contribution in [-0.2, 0) is 13.2 Å². The maximum absolute atomic E-state index is 12.9. The number of hydrogen-bond acceptors (Lipinski definition) is 13. The molecule has 0 radical (unpaired) electrons. The lowest BCUT2D eigenvalue weighted by atomic mass is 10.1. The van der Waals surface area contributed by atoms with E-state index >= 15 is 0 Å². The minimum absolute atomic E-state index is 0.0170. The van der Waals surface area contributed by atoms with Crippen molar-refractivity contribution in [3.8, 4) is 74.4 Å². The molecule has 2 aromatic heterocycles. The van der Waals surface area contributed by atoms with Crippen molar-refractivity contribution >= 4 is 21.9 Å². The lowest BCUT2D eigenvalue weighted by Gasteiger charge is -2.15. The quantitative estimate of drug-likeness (QED) is 0.0722. The molecule has 2 heterocycles. The van der Waals surface area contributed by atoms with Crippen molar-refractivity contribution in [3.05, 3.63) is 158 Å². The fraction of sp³-hybridized carbons (Fsp3) is 0.0667. The Morgan fingerprint density at radius 1 is 0.483 bits per heavy atom. The van der Waals surface area contributed by atoms with Crippen LogP contribution in [0.15, 0.2) is 140 Å². The Balaban J connectivity index is 0.000000199. The van der Waals surface area contributed by atoms with Crippen LogP contribution in [0.3, 0.4) is 0 Å². The summed E-state index contributed by atoms with van der Waals surface area (Å²) in [6, 6.07) is 33.3. The third-order valence-electron chi connectivity index (χ3n) is 8.95. The third-order valence-corrected chi connectivity index (χ3v) is 8.95. The molecule has 0 amide bonds. The largest absolute Gasteiger partial charge is 0.508 e. The fourth-order valence-electron chi connectivity index (χ4n) is 6.11. The molecule has 13 heteroatoms. The van der Waals surface area contributed by atoms with E-state index in [0.29, 0.717) is 30.3 Å². The molecule has 58 heavy (non-hydrogen) atoms. The Morgan fingerprint density at radius 2 is 0.983 bits per heavy atom. The van der Waals surface area contributed by atoms with Gasteiger partial charge in [0.05, 0.1) is 0 Å². The van der Waals surface area contributed by atoms with Crippen LogP contribution in [0.2, 0.25) is 0 Å². The molecule has 0 fully saturated rings. The molecule has 0 unspecified atom stereocenters. The molecular formula is C45H34O13. The van der Waals surface area contributed by atoms with Crippen molar-refractivity contribution < 1.29 is 54.1 Å². The Hall–Kier alpha value is -8.06. The number of fused-ring (bicyclic) bond motifs is 2. The van der Waals surface area contributed by atoms with E-state index in [1.807, 2.05) is 60.7 Å². The van der Waals surface area contributed by atoms with E-state index in [0.717, 1.165) is 41.0 Å². The Morgan fingerprint density at radius 3 is 1.55 bits per heavy atom. The van der Waals surface area contributed by atoms with E-state index in [2.05, 4.69) is 0 Å². The van der Waals surface area contributed by atoms with Crippen molar-refractivity contribution in [1.82, 2.24) is 0 Å². The van der Waals surface area contributed by atoms with Gasteiger partial charge in [-0.15, -0.1) is 0 Å². The van der Waals surface area contributed by atoms with Crippen LogP contribution >= 0.6 is 0 Å². The van der Waals surface area contributed by atoms with Gasteiger partial charge in [-0.05, 0) is 72.1 Å². The zero-order chi connectivity index (χ0) is 41.1. The van der Waals surface area contributed by atoms with E-state index < -0.39 is 33.9 Å². The van der Waals surface area contributed by atoms with Crippen LogP contribution < -0.4 is 20.3 Å². The smallest absolute Gasteiger partial charge is 0.238 e. The number of aryl methyl sites for hydroxylation is 1. The van der Waals surface area contributed by atoms with Crippen molar-refractivity contribution in [2.45, 2.75) is 20.1 Å². The summed E-state index contributed by atoms with van der Waals surface area (Å²) in [6.07, 6.45) is 0. The summed E-state index contributed by atoms with van der Waals surface area (Å²) in [6.45, 7) is 2.42. The minimum atomic E-state index is -0.888. The highest BCUT2D eigenvalue weighted by atomic mass is 16.5.